The standard InChI is InChI=1S/C7H6N6OS/c1-2-9-7(8-1)5-3-10-13(14-5)6-4-15-12-11-6/h1-4,10H,(H,8,9). The molecule has 1 aliphatic rings. The van der Waals surface area contributed by atoms with Crippen LogP contribution >= 0.6 is 11.5 Å². The Hall–Kier alpha value is -2.09. The maximum Gasteiger partial charge on any atom is 0.222 e. The van der Waals surface area contributed by atoms with E-state index < -0.39 is 0 Å². The highest BCUT2D eigenvalue weighted by atomic mass is 32.1. The van der Waals surface area contributed by atoms with Crippen LogP contribution in [-0.4, -0.2) is 19.6 Å². The molecule has 0 atom stereocenters. The van der Waals surface area contributed by atoms with Crippen LogP contribution in [0, 0.1) is 0 Å². The molecule has 0 amide bonds. The molecule has 15 heavy (non-hydrogen) atoms. The summed E-state index contributed by atoms with van der Waals surface area (Å²) >= 11 is 1.26. The summed E-state index contributed by atoms with van der Waals surface area (Å²) in [4.78, 5) is 12.4. The van der Waals surface area contributed by atoms with Crippen molar-refractivity contribution < 1.29 is 4.84 Å². The molecular formula is C7H6N6OS. The van der Waals surface area contributed by atoms with E-state index >= 15 is 0 Å². The Morgan fingerprint density at radius 3 is 3.20 bits per heavy atom. The molecule has 76 valence electrons. The number of aromatic nitrogens is 4. The molecule has 3 rings (SSSR count). The van der Waals surface area contributed by atoms with E-state index in [1.54, 1.807) is 24.0 Å². The lowest BCUT2D eigenvalue weighted by Crippen LogP contribution is -2.28. The van der Waals surface area contributed by atoms with Crippen LogP contribution in [0.4, 0.5) is 5.82 Å². The Kier molecular flexibility index (Phi) is 1.78. The minimum Gasteiger partial charge on any atom is -0.352 e. The van der Waals surface area contributed by atoms with E-state index in [0.717, 1.165) is 0 Å². The van der Waals surface area contributed by atoms with Crippen LogP contribution < -0.4 is 10.6 Å². The number of hydrogen-bond acceptors (Lipinski definition) is 7. The zero-order valence-electron chi connectivity index (χ0n) is 7.41. The Labute approximate surface area is 88.5 Å². The maximum atomic E-state index is 5.44. The fourth-order valence-corrected chi connectivity index (χ4v) is 1.56. The van der Waals surface area contributed by atoms with E-state index in [0.29, 0.717) is 17.4 Å². The first-order valence-electron chi connectivity index (χ1n) is 4.15. The first-order valence-corrected chi connectivity index (χ1v) is 4.98. The van der Waals surface area contributed by atoms with Crippen molar-refractivity contribution in [3.05, 3.63) is 29.8 Å². The number of imidazole rings is 1. The van der Waals surface area contributed by atoms with Gasteiger partial charge in [0.1, 0.15) is 0 Å². The number of H-pyrrole nitrogens is 1. The van der Waals surface area contributed by atoms with Crippen LogP contribution in [0.3, 0.4) is 0 Å². The van der Waals surface area contributed by atoms with Crippen LogP contribution in [0.1, 0.15) is 5.82 Å². The molecule has 2 aromatic heterocycles. The van der Waals surface area contributed by atoms with Gasteiger partial charge < -0.3 is 9.82 Å². The minimum atomic E-state index is 0.605. The Morgan fingerprint density at radius 1 is 1.47 bits per heavy atom. The second kappa shape index (κ2) is 3.24. The summed E-state index contributed by atoms with van der Waals surface area (Å²) in [5.41, 5.74) is 2.89. The summed E-state index contributed by atoms with van der Waals surface area (Å²) in [7, 11) is 0. The Morgan fingerprint density at radius 2 is 2.47 bits per heavy atom. The number of nitrogens with one attached hydrogen (secondary N) is 2. The topological polar surface area (TPSA) is 79.0 Å². The van der Waals surface area contributed by atoms with Gasteiger partial charge in [0.05, 0.1) is 11.6 Å². The van der Waals surface area contributed by atoms with E-state index in [9.17, 15) is 0 Å². The van der Waals surface area contributed by atoms with Crippen LogP contribution in [0.15, 0.2) is 24.0 Å². The lowest BCUT2D eigenvalue weighted by molar-refractivity contribution is 0.238. The highest BCUT2D eigenvalue weighted by Crippen LogP contribution is 2.21. The number of hydrogen-bond donors (Lipinski definition) is 2. The molecule has 2 aromatic rings. The SMILES string of the molecule is C1=C(c2ncc[nH]2)ON(c2csnn2)N1. The molecule has 3 heterocycles. The van der Waals surface area contributed by atoms with E-state index in [1.165, 1.54) is 16.7 Å². The molecule has 0 bridgehead atoms. The largest absolute Gasteiger partial charge is 0.352 e. The summed E-state index contributed by atoms with van der Waals surface area (Å²) in [6, 6.07) is 0. The fourth-order valence-electron chi connectivity index (χ4n) is 1.14. The molecule has 0 saturated heterocycles. The zero-order chi connectivity index (χ0) is 10.1. The number of anilines is 1. The number of nitrogens with zero attached hydrogens (tertiary/aromatic N) is 4. The van der Waals surface area contributed by atoms with Gasteiger partial charge in [0.15, 0.2) is 5.82 Å². The van der Waals surface area contributed by atoms with Crippen LogP contribution in [0.25, 0.3) is 5.76 Å². The van der Waals surface area contributed by atoms with Crippen molar-refractivity contribution in [3.8, 4) is 0 Å². The summed E-state index contributed by atoms with van der Waals surface area (Å²) < 4.78 is 3.74. The highest BCUT2D eigenvalue weighted by molar-refractivity contribution is 7.03. The van der Waals surface area contributed by atoms with Gasteiger partial charge in [-0.25, -0.2) is 4.98 Å². The molecule has 0 aromatic carbocycles. The van der Waals surface area contributed by atoms with E-state index in [2.05, 4.69) is 25.0 Å². The Balaban J connectivity index is 1.78. The number of hydrazine groups is 1. The predicted octanol–water partition coefficient (Wildman–Crippen LogP) is 0.516. The van der Waals surface area contributed by atoms with Gasteiger partial charge in [-0.2, -0.15) is 0 Å². The van der Waals surface area contributed by atoms with Crippen molar-refractivity contribution >= 4 is 23.1 Å². The van der Waals surface area contributed by atoms with Gasteiger partial charge in [-0.15, -0.1) is 5.10 Å². The van der Waals surface area contributed by atoms with Gasteiger partial charge in [-0.3, -0.25) is 5.43 Å². The summed E-state index contributed by atoms with van der Waals surface area (Å²) in [5, 5.41) is 7.04. The molecule has 0 unspecified atom stereocenters. The lowest BCUT2D eigenvalue weighted by atomic mass is 10.5. The first-order chi connectivity index (χ1) is 7.43. The van der Waals surface area contributed by atoms with Crippen molar-refractivity contribution in [2.24, 2.45) is 0 Å². The highest BCUT2D eigenvalue weighted by Gasteiger charge is 2.20. The third-order valence-corrected chi connectivity index (χ3v) is 2.28. The van der Waals surface area contributed by atoms with Gasteiger partial charge in [0, 0.05) is 12.4 Å². The molecule has 0 radical (unpaired) electrons. The number of rotatable bonds is 2. The molecular weight excluding hydrogens is 216 g/mol. The molecule has 1 aliphatic heterocycles. The second-order valence-electron chi connectivity index (χ2n) is 2.72. The van der Waals surface area contributed by atoms with E-state index in [1.807, 2.05) is 0 Å². The molecule has 0 saturated carbocycles. The quantitative estimate of drug-likeness (QED) is 0.771. The van der Waals surface area contributed by atoms with E-state index in [-0.39, 0.29) is 0 Å². The van der Waals surface area contributed by atoms with Crippen molar-refractivity contribution in [2.45, 2.75) is 0 Å². The minimum absolute atomic E-state index is 0.605. The van der Waals surface area contributed by atoms with Crippen LogP contribution in [0.5, 0.6) is 0 Å². The molecule has 0 aliphatic carbocycles. The average Bonchev–Trinajstić information content (AvgIpc) is 3.02. The van der Waals surface area contributed by atoms with Crippen LogP contribution in [-0.2, 0) is 4.84 Å². The van der Waals surface area contributed by atoms with Gasteiger partial charge in [-0.05, 0) is 11.5 Å². The van der Waals surface area contributed by atoms with Crippen molar-refractivity contribution in [1.82, 2.24) is 25.0 Å². The van der Waals surface area contributed by atoms with E-state index in [4.69, 9.17) is 4.84 Å². The maximum absolute atomic E-state index is 5.44. The monoisotopic (exact) mass is 222 g/mol. The molecule has 7 nitrogen and oxygen atoms in total. The van der Waals surface area contributed by atoms with Crippen LogP contribution in [0.2, 0.25) is 0 Å². The zero-order valence-corrected chi connectivity index (χ0v) is 8.23. The van der Waals surface area contributed by atoms with Gasteiger partial charge >= 0.3 is 0 Å². The average molecular weight is 222 g/mol. The lowest BCUT2D eigenvalue weighted by Gasteiger charge is -2.12. The molecule has 8 heteroatoms. The third kappa shape index (κ3) is 1.40. The van der Waals surface area contributed by atoms with Gasteiger partial charge in [0.25, 0.3) is 0 Å². The third-order valence-electron chi connectivity index (χ3n) is 1.79. The summed E-state index contributed by atoms with van der Waals surface area (Å²) in [6.45, 7) is 0. The molecule has 0 spiro atoms. The normalized spacial score (nSPS) is 14.7. The van der Waals surface area contributed by atoms with Gasteiger partial charge in [0.2, 0.25) is 11.6 Å². The van der Waals surface area contributed by atoms with Crippen molar-refractivity contribution in [1.29, 1.82) is 0 Å². The molecule has 2 N–H and O–H groups in total. The summed E-state index contributed by atoms with van der Waals surface area (Å²) in [6.07, 6.45) is 5.08. The molecule has 0 fully saturated rings. The van der Waals surface area contributed by atoms with Gasteiger partial charge in [-0.1, -0.05) is 9.66 Å². The smallest absolute Gasteiger partial charge is 0.222 e. The Bertz CT molecular complexity index is 464. The first kappa shape index (κ1) is 8.24. The van der Waals surface area contributed by atoms with Crippen molar-refractivity contribution in [2.75, 3.05) is 5.17 Å². The number of aromatic amines is 1. The summed E-state index contributed by atoms with van der Waals surface area (Å²) in [5.74, 6) is 1.87. The fraction of sp³-hybridized carbons (Fsp3) is 0. The van der Waals surface area contributed by atoms with Crippen molar-refractivity contribution in [3.63, 3.8) is 0 Å². The second-order valence-corrected chi connectivity index (χ2v) is 3.33. The predicted molar refractivity (Wildman–Crippen MR) is 53.2 cm³/mol.